The number of nitrogens with one attached hydrogen (secondary N) is 1. The molecule has 20 heavy (non-hydrogen) atoms. The minimum atomic E-state index is -0.417. The Kier molecular flexibility index (Phi) is 3.25. The molecular weight excluding hydrogens is 325 g/mol. The summed E-state index contributed by atoms with van der Waals surface area (Å²) in [4.78, 5) is 12.3. The normalized spacial score (nSPS) is 14.3. The summed E-state index contributed by atoms with van der Waals surface area (Å²) in [6.07, 6.45) is 3.89. The van der Waals surface area contributed by atoms with Gasteiger partial charge in [-0.15, -0.1) is 0 Å². The van der Waals surface area contributed by atoms with Gasteiger partial charge in [-0.25, -0.2) is 4.39 Å². The topological polar surface area (TPSA) is 60.1 Å². The second-order valence-electron chi connectivity index (χ2n) is 4.88. The number of nitrogens with two attached hydrogens (primary N) is 1. The Labute approximate surface area is 123 Å². The number of nitrogens with zero attached hydrogens (tertiary/aromatic N) is 1. The van der Waals surface area contributed by atoms with Gasteiger partial charge in [0.25, 0.3) is 5.91 Å². The molecule has 104 valence electrons. The molecule has 0 spiro atoms. The first kappa shape index (κ1) is 13.2. The second-order valence-corrected chi connectivity index (χ2v) is 5.73. The average Bonchev–Trinajstić information content (AvgIpc) is 3.17. The number of benzene rings is 1. The van der Waals surface area contributed by atoms with E-state index >= 15 is 0 Å². The van der Waals surface area contributed by atoms with Crippen molar-refractivity contribution < 1.29 is 9.18 Å². The van der Waals surface area contributed by atoms with Crippen LogP contribution in [0.3, 0.4) is 0 Å². The van der Waals surface area contributed by atoms with Crippen LogP contribution < -0.4 is 11.1 Å². The van der Waals surface area contributed by atoms with E-state index in [4.69, 9.17) is 5.73 Å². The lowest BCUT2D eigenvalue weighted by molar-refractivity contribution is 0.101. The standard InChI is InChI=1S/C14H13BrFN3O/c15-11-4-1-9(6-12(11)16)18-14(20)13-5-8(17)7-19(13)10-2-3-10/h1,4-7,10H,2-3,17H2,(H,18,20). The van der Waals surface area contributed by atoms with E-state index in [0.29, 0.717) is 27.6 Å². The number of amides is 1. The highest BCUT2D eigenvalue weighted by Crippen LogP contribution is 2.37. The fourth-order valence-electron chi connectivity index (χ4n) is 2.11. The minimum Gasteiger partial charge on any atom is -0.397 e. The van der Waals surface area contributed by atoms with Crippen LogP contribution in [-0.4, -0.2) is 10.5 Å². The number of hydrogen-bond acceptors (Lipinski definition) is 2. The summed E-state index contributed by atoms with van der Waals surface area (Å²) < 4.78 is 15.7. The summed E-state index contributed by atoms with van der Waals surface area (Å²) in [5.41, 5.74) is 7.23. The number of anilines is 2. The van der Waals surface area contributed by atoms with Gasteiger partial charge in [-0.2, -0.15) is 0 Å². The summed E-state index contributed by atoms with van der Waals surface area (Å²) in [6, 6.07) is 6.46. The number of halogens is 2. The highest BCUT2D eigenvalue weighted by Gasteiger charge is 2.27. The molecule has 4 nitrogen and oxygen atoms in total. The molecule has 1 fully saturated rings. The zero-order chi connectivity index (χ0) is 14.3. The van der Waals surface area contributed by atoms with Gasteiger partial charge >= 0.3 is 0 Å². The van der Waals surface area contributed by atoms with Crippen LogP contribution in [0.5, 0.6) is 0 Å². The highest BCUT2D eigenvalue weighted by molar-refractivity contribution is 9.10. The van der Waals surface area contributed by atoms with E-state index in [1.54, 1.807) is 24.4 Å². The van der Waals surface area contributed by atoms with Crippen LogP contribution >= 0.6 is 15.9 Å². The van der Waals surface area contributed by atoms with E-state index in [-0.39, 0.29) is 5.91 Å². The van der Waals surface area contributed by atoms with Crippen LogP contribution in [0.1, 0.15) is 29.4 Å². The van der Waals surface area contributed by atoms with Crippen LogP contribution in [0.25, 0.3) is 0 Å². The quantitative estimate of drug-likeness (QED) is 0.899. The van der Waals surface area contributed by atoms with Crippen LogP contribution in [0, 0.1) is 5.82 Å². The van der Waals surface area contributed by atoms with Gasteiger partial charge < -0.3 is 15.6 Å². The van der Waals surface area contributed by atoms with Crippen molar-refractivity contribution in [2.24, 2.45) is 0 Å². The molecule has 3 rings (SSSR count). The van der Waals surface area contributed by atoms with Gasteiger partial charge in [0.15, 0.2) is 0 Å². The monoisotopic (exact) mass is 337 g/mol. The Morgan fingerprint density at radius 3 is 2.80 bits per heavy atom. The first-order valence-electron chi connectivity index (χ1n) is 6.28. The molecule has 1 aliphatic carbocycles. The van der Waals surface area contributed by atoms with Gasteiger partial charge in [0.2, 0.25) is 0 Å². The fraction of sp³-hybridized carbons (Fsp3) is 0.214. The molecule has 1 amide bonds. The molecule has 1 aromatic heterocycles. The third kappa shape index (κ3) is 2.56. The maximum absolute atomic E-state index is 13.4. The minimum absolute atomic E-state index is 0.282. The van der Waals surface area contributed by atoms with Crippen molar-refractivity contribution in [3.63, 3.8) is 0 Å². The zero-order valence-electron chi connectivity index (χ0n) is 10.6. The van der Waals surface area contributed by atoms with Gasteiger partial charge in [-0.3, -0.25) is 4.79 Å². The maximum Gasteiger partial charge on any atom is 0.272 e. The van der Waals surface area contributed by atoms with Crippen molar-refractivity contribution in [2.75, 3.05) is 11.1 Å². The zero-order valence-corrected chi connectivity index (χ0v) is 12.2. The molecular formula is C14H13BrFN3O. The molecule has 1 heterocycles. The number of carbonyl (C=O) groups is 1. The van der Waals surface area contributed by atoms with E-state index in [0.717, 1.165) is 12.8 Å². The van der Waals surface area contributed by atoms with Crippen LogP contribution in [0.4, 0.5) is 15.8 Å². The third-order valence-electron chi connectivity index (χ3n) is 3.22. The summed E-state index contributed by atoms with van der Waals surface area (Å²) in [7, 11) is 0. The van der Waals surface area contributed by atoms with Gasteiger partial charge in [-0.1, -0.05) is 0 Å². The molecule has 1 saturated carbocycles. The Hall–Kier alpha value is -1.82. The molecule has 0 unspecified atom stereocenters. The van der Waals surface area contributed by atoms with Crippen molar-refractivity contribution in [2.45, 2.75) is 18.9 Å². The average molecular weight is 338 g/mol. The molecule has 2 aromatic rings. The predicted octanol–water partition coefficient (Wildman–Crippen LogP) is 3.56. The molecule has 6 heteroatoms. The van der Waals surface area contributed by atoms with Crippen molar-refractivity contribution in [3.05, 3.63) is 46.4 Å². The van der Waals surface area contributed by atoms with E-state index < -0.39 is 5.82 Å². The van der Waals surface area contributed by atoms with Gasteiger partial charge in [-0.05, 0) is 53.0 Å². The van der Waals surface area contributed by atoms with Crippen LogP contribution in [0.2, 0.25) is 0 Å². The van der Waals surface area contributed by atoms with Crippen molar-refractivity contribution in [3.8, 4) is 0 Å². The summed E-state index contributed by atoms with van der Waals surface area (Å²) in [5, 5.41) is 2.69. The molecule has 0 bridgehead atoms. The maximum atomic E-state index is 13.4. The van der Waals surface area contributed by atoms with Crippen LogP contribution in [-0.2, 0) is 0 Å². The Morgan fingerprint density at radius 2 is 2.15 bits per heavy atom. The molecule has 1 aliphatic rings. The molecule has 0 saturated heterocycles. The smallest absolute Gasteiger partial charge is 0.272 e. The molecule has 1 aromatic carbocycles. The van der Waals surface area contributed by atoms with Gasteiger partial charge in [0, 0.05) is 17.9 Å². The van der Waals surface area contributed by atoms with E-state index in [9.17, 15) is 9.18 Å². The lowest BCUT2D eigenvalue weighted by Crippen LogP contribution is -2.16. The first-order chi connectivity index (χ1) is 9.54. The van der Waals surface area contributed by atoms with Gasteiger partial charge in [0.1, 0.15) is 11.5 Å². The highest BCUT2D eigenvalue weighted by atomic mass is 79.9. The SMILES string of the molecule is Nc1cc(C(=O)Nc2ccc(Br)c(F)c2)n(C2CC2)c1. The van der Waals surface area contributed by atoms with Gasteiger partial charge in [0.05, 0.1) is 10.2 Å². The Bertz CT molecular complexity index is 679. The number of aromatic nitrogens is 1. The summed E-state index contributed by atoms with van der Waals surface area (Å²) >= 11 is 3.07. The van der Waals surface area contributed by atoms with Crippen LogP contribution in [0.15, 0.2) is 34.9 Å². The number of carbonyl (C=O) groups excluding carboxylic acids is 1. The number of rotatable bonds is 3. The van der Waals surface area contributed by atoms with E-state index in [2.05, 4.69) is 21.2 Å². The van der Waals surface area contributed by atoms with E-state index in [1.807, 2.05) is 4.57 Å². The fourth-order valence-corrected chi connectivity index (χ4v) is 2.35. The Balaban J connectivity index is 1.84. The molecule has 0 radical (unpaired) electrons. The van der Waals surface area contributed by atoms with Crippen molar-refractivity contribution in [1.29, 1.82) is 0 Å². The number of nitrogen functional groups attached to an aromatic ring is 1. The first-order valence-corrected chi connectivity index (χ1v) is 7.07. The lowest BCUT2D eigenvalue weighted by atomic mass is 10.3. The largest absolute Gasteiger partial charge is 0.397 e. The second kappa shape index (κ2) is 4.94. The summed E-state index contributed by atoms with van der Waals surface area (Å²) in [5.74, 6) is -0.699. The molecule has 0 atom stereocenters. The lowest BCUT2D eigenvalue weighted by Gasteiger charge is -2.09. The Morgan fingerprint density at radius 1 is 1.40 bits per heavy atom. The van der Waals surface area contributed by atoms with E-state index in [1.165, 1.54) is 6.07 Å². The predicted molar refractivity (Wildman–Crippen MR) is 79.2 cm³/mol. The molecule has 3 N–H and O–H groups in total. The summed E-state index contributed by atoms with van der Waals surface area (Å²) in [6.45, 7) is 0. The number of hydrogen-bond donors (Lipinski definition) is 2. The van der Waals surface area contributed by atoms with Crippen molar-refractivity contribution >= 4 is 33.2 Å². The van der Waals surface area contributed by atoms with Crippen molar-refractivity contribution in [1.82, 2.24) is 4.57 Å². The third-order valence-corrected chi connectivity index (χ3v) is 3.86. The molecule has 0 aliphatic heterocycles.